The smallest absolute Gasteiger partial charge is 0.231 e. The fourth-order valence-electron chi connectivity index (χ4n) is 1.71. The van der Waals surface area contributed by atoms with Crippen LogP contribution in [0.4, 0.5) is 11.9 Å². The molecule has 1 N–H and O–H groups in total. The minimum atomic E-state index is 0.208. The van der Waals surface area contributed by atoms with Gasteiger partial charge in [0.2, 0.25) is 17.2 Å². The highest BCUT2D eigenvalue weighted by Gasteiger charge is 2.17. The molecule has 0 fully saturated rings. The molecule has 0 saturated carbocycles. The highest BCUT2D eigenvalue weighted by Crippen LogP contribution is 2.17. The number of aromatic nitrogens is 3. The predicted octanol–water partition coefficient (Wildman–Crippen LogP) is 2.60. The lowest BCUT2D eigenvalue weighted by atomic mass is 10.2. The maximum absolute atomic E-state index is 5.99. The standard InChI is InChI=1S/C13H24ClN5O/c1-5-7-15-12-16-11(14)17-13(18-12)19(8-9-20-4)10(3)6-2/h10H,5-9H2,1-4H3,(H,15,16,17,18). The summed E-state index contributed by atoms with van der Waals surface area (Å²) < 4.78 is 5.15. The Kier molecular flexibility index (Phi) is 7.54. The van der Waals surface area contributed by atoms with Crippen molar-refractivity contribution in [3.63, 3.8) is 0 Å². The molecule has 1 rings (SSSR count). The van der Waals surface area contributed by atoms with Gasteiger partial charge in [-0.3, -0.25) is 0 Å². The van der Waals surface area contributed by atoms with Crippen LogP contribution < -0.4 is 10.2 Å². The van der Waals surface area contributed by atoms with Gasteiger partial charge in [-0.15, -0.1) is 0 Å². The third-order valence-corrected chi connectivity index (χ3v) is 3.21. The molecule has 0 saturated heterocycles. The minimum Gasteiger partial charge on any atom is -0.383 e. The van der Waals surface area contributed by atoms with E-state index in [0.717, 1.165) is 25.9 Å². The molecular weight excluding hydrogens is 278 g/mol. The predicted molar refractivity (Wildman–Crippen MR) is 82.6 cm³/mol. The second-order valence-corrected chi connectivity index (χ2v) is 4.94. The summed E-state index contributed by atoms with van der Waals surface area (Å²) in [5, 5.41) is 3.35. The second-order valence-electron chi connectivity index (χ2n) is 4.60. The topological polar surface area (TPSA) is 63.2 Å². The molecule has 7 heteroatoms. The van der Waals surface area contributed by atoms with Crippen LogP contribution in [-0.4, -0.2) is 47.8 Å². The second kappa shape index (κ2) is 8.92. The van der Waals surface area contributed by atoms with Crippen LogP contribution in [0.25, 0.3) is 0 Å². The monoisotopic (exact) mass is 301 g/mol. The van der Waals surface area contributed by atoms with Crippen molar-refractivity contribution < 1.29 is 4.74 Å². The zero-order chi connectivity index (χ0) is 15.0. The van der Waals surface area contributed by atoms with Crippen molar-refractivity contribution in [2.45, 2.75) is 39.7 Å². The summed E-state index contributed by atoms with van der Waals surface area (Å²) in [6.07, 6.45) is 1.99. The highest BCUT2D eigenvalue weighted by molar-refractivity contribution is 6.28. The fraction of sp³-hybridized carbons (Fsp3) is 0.769. The van der Waals surface area contributed by atoms with Gasteiger partial charge in [0.05, 0.1) is 6.61 Å². The van der Waals surface area contributed by atoms with Gasteiger partial charge in [-0.2, -0.15) is 15.0 Å². The van der Waals surface area contributed by atoms with E-state index in [4.69, 9.17) is 16.3 Å². The maximum Gasteiger partial charge on any atom is 0.231 e. The van der Waals surface area contributed by atoms with Gasteiger partial charge >= 0.3 is 0 Å². The molecule has 0 aliphatic carbocycles. The van der Waals surface area contributed by atoms with Crippen LogP contribution in [0.15, 0.2) is 0 Å². The number of nitrogens with one attached hydrogen (secondary N) is 1. The van der Waals surface area contributed by atoms with Gasteiger partial charge in [-0.1, -0.05) is 13.8 Å². The quantitative estimate of drug-likeness (QED) is 0.756. The molecule has 0 amide bonds. The van der Waals surface area contributed by atoms with Crippen molar-refractivity contribution in [3.05, 3.63) is 5.28 Å². The molecule has 0 bridgehead atoms. The van der Waals surface area contributed by atoms with Crippen molar-refractivity contribution in [2.24, 2.45) is 0 Å². The van der Waals surface area contributed by atoms with E-state index in [1.54, 1.807) is 7.11 Å². The number of anilines is 2. The number of hydrogen-bond donors (Lipinski definition) is 1. The van der Waals surface area contributed by atoms with Crippen molar-refractivity contribution in [3.8, 4) is 0 Å². The van der Waals surface area contributed by atoms with Gasteiger partial charge < -0.3 is 15.0 Å². The molecule has 0 radical (unpaired) electrons. The Bertz CT molecular complexity index is 404. The largest absolute Gasteiger partial charge is 0.383 e. The lowest BCUT2D eigenvalue weighted by Gasteiger charge is -2.28. The normalized spacial score (nSPS) is 12.2. The fourth-order valence-corrected chi connectivity index (χ4v) is 1.87. The number of halogens is 1. The van der Waals surface area contributed by atoms with Crippen molar-refractivity contribution >= 4 is 23.5 Å². The van der Waals surface area contributed by atoms with Gasteiger partial charge in [0.15, 0.2) is 0 Å². The Hall–Kier alpha value is -1.14. The third-order valence-electron chi connectivity index (χ3n) is 3.05. The number of methoxy groups -OCH3 is 1. The lowest BCUT2D eigenvalue weighted by molar-refractivity contribution is 0.203. The van der Waals surface area contributed by atoms with Gasteiger partial charge in [0.25, 0.3) is 0 Å². The van der Waals surface area contributed by atoms with Crippen LogP contribution in [0.1, 0.15) is 33.6 Å². The minimum absolute atomic E-state index is 0.208. The van der Waals surface area contributed by atoms with E-state index in [1.165, 1.54) is 0 Å². The van der Waals surface area contributed by atoms with E-state index >= 15 is 0 Å². The van der Waals surface area contributed by atoms with Crippen LogP contribution in [0.5, 0.6) is 0 Å². The molecule has 1 unspecified atom stereocenters. The van der Waals surface area contributed by atoms with Crippen LogP contribution in [0, 0.1) is 0 Å². The van der Waals surface area contributed by atoms with E-state index in [0.29, 0.717) is 24.5 Å². The summed E-state index contributed by atoms with van der Waals surface area (Å²) in [6.45, 7) is 8.49. The average Bonchev–Trinajstić information content (AvgIpc) is 2.44. The Morgan fingerprint density at radius 2 is 2.05 bits per heavy atom. The van der Waals surface area contributed by atoms with Gasteiger partial charge in [0.1, 0.15) is 0 Å². The van der Waals surface area contributed by atoms with Crippen LogP contribution in [0.2, 0.25) is 5.28 Å². The van der Waals surface area contributed by atoms with E-state index in [2.05, 4.69) is 45.9 Å². The Balaban J connectivity index is 2.95. The van der Waals surface area contributed by atoms with Gasteiger partial charge in [0, 0.05) is 26.2 Å². The van der Waals surface area contributed by atoms with E-state index < -0.39 is 0 Å². The number of rotatable bonds is 9. The van der Waals surface area contributed by atoms with Crippen LogP contribution in [-0.2, 0) is 4.74 Å². The van der Waals surface area contributed by atoms with Gasteiger partial charge in [-0.05, 0) is 31.4 Å². The first-order valence-electron chi connectivity index (χ1n) is 7.03. The third kappa shape index (κ3) is 5.09. The lowest BCUT2D eigenvalue weighted by Crippen LogP contribution is -2.37. The highest BCUT2D eigenvalue weighted by atomic mass is 35.5. The van der Waals surface area contributed by atoms with E-state index in [9.17, 15) is 0 Å². The Labute approximate surface area is 125 Å². The summed E-state index contributed by atoms with van der Waals surface area (Å²) in [7, 11) is 1.68. The summed E-state index contributed by atoms with van der Waals surface area (Å²) in [4.78, 5) is 14.9. The number of nitrogens with zero attached hydrogens (tertiary/aromatic N) is 4. The first kappa shape index (κ1) is 16.9. The first-order chi connectivity index (χ1) is 9.62. The van der Waals surface area contributed by atoms with Crippen LogP contribution in [0.3, 0.4) is 0 Å². The van der Waals surface area contributed by atoms with Crippen molar-refractivity contribution in [2.75, 3.05) is 37.0 Å². The van der Waals surface area contributed by atoms with E-state index in [1.807, 2.05) is 0 Å². The molecule has 114 valence electrons. The summed E-state index contributed by atoms with van der Waals surface area (Å²) in [5.74, 6) is 1.11. The number of hydrogen-bond acceptors (Lipinski definition) is 6. The molecule has 0 aromatic carbocycles. The Morgan fingerprint density at radius 1 is 1.30 bits per heavy atom. The zero-order valence-corrected chi connectivity index (χ0v) is 13.4. The number of ether oxygens (including phenoxy) is 1. The van der Waals surface area contributed by atoms with E-state index in [-0.39, 0.29) is 5.28 Å². The summed E-state index contributed by atoms with van der Waals surface area (Å²) >= 11 is 5.99. The van der Waals surface area contributed by atoms with Crippen LogP contribution >= 0.6 is 11.6 Å². The summed E-state index contributed by atoms with van der Waals surface area (Å²) in [5.41, 5.74) is 0. The molecule has 1 aromatic rings. The zero-order valence-electron chi connectivity index (χ0n) is 12.7. The molecule has 0 aliphatic rings. The molecule has 20 heavy (non-hydrogen) atoms. The average molecular weight is 302 g/mol. The van der Waals surface area contributed by atoms with Crippen molar-refractivity contribution in [1.29, 1.82) is 0 Å². The molecule has 6 nitrogen and oxygen atoms in total. The summed E-state index contributed by atoms with van der Waals surface area (Å²) in [6, 6.07) is 0.308. The molecular formula is C13H24ClN5O. The SMILES string of the molecule is CCCNc1nc(Cl)nc(N(CCOC)C(C)CC)n1. The molecule has 1 atom stereocenters. The molecule has 1 heterocycles. The van der Waals surface area contributed by atoms with Crippen molar-refractivity contribution in [1.82, 2.24) is 15.0 Å². The maximum atomic E-state index is 5.99. The molecule has 1 aromatic heterocycles. The molecule has 0 spiro atoms. The van der Waals surface area contributed by atoms with Gasteiger partial charge in [-0.25, -0.2) is 0 Å². The Morgan fingerprint density at radius 3 is 2.65 bits per heavy atom. The molecule has 0 aliphatic heterocycles. The first-order valence-corrected chi connectivity index (χ1v) is 7.41.